The highest BCUT2D eigenvalue weighted by Crippen LogP contribution is 2.27. The number of aryl methyl sites for hydroxylation is 2. The Labute approximate surface area is 157 Å². The lowest BCUT2D eigenvalue weighted by Gasteiger charge is -2.11. The molecule has 1 amide bonds. The second-order valence-electron chi connectivity index (χ2n) is 6.41. The SMILES string of the molecule is CC(=O)c1c(C)[nH]c(C(=O)Nc2ccc(Oc3cccnc3)c(C)c2)c1C. The molecular formula is C21H21N3O3. The van der Waals surface area contributed by atoms with Gasteiger partial charge in [0.1, 0.15) is 17.2 Å². The number of H-pyrrole nitrogens is 1. The summed E-state index contributed by atoms with van der Waals surface area (Å²) in [5, 5.41) is 2.86. The molecule has 0 saturated carbocycles. The number of benzene rings is 1. The Kier molecular flexibility index (Phi) is 5.07. The van der Waals surface area contributed by atoms with Gasteiger partial charge in [-0.05, 0) is 69.2 Å². The molecule has 6 nitrogen and oxygen atoms in total. The van der Waals surface area contributed by atoms with E-state index in [1.807, 2.05) is 19.1 Å². The van der Waals surface area contributed by atoms with Gasteiger partial charge < -0.3 is 15.0 Å². The zero-order chi connectivity index (χ0) is 19.6. The first-order valence-corrected chi connectivity index (χ1v) is 8.56. The Hall–Kier alpha value is -3.41. The van der Waals surface area contributed by atoms with Crippen molar-refractivity contribution >= 4 is 17.4 Å². The van der Waals surface area contributed by atoms with Crippen molar-refractivity contribution in [3.05, 3.63) is 70.8 Å². The van der Waals surface area contributed by atoms with Crippen molar-refractivity contribution in [1.82, 2.24) is 9.97 Å². The fourth-order valence-electron chi connectivity index (χ4n) is 3.07. The Balaban J connectivity index is 1.78. The lowest BCUT2D eigenvalue weighted by Crippen LogP contribution is -2.14. The summed E-state index contributed by atoms with van der Waals surface area (Å²) in [7, 11) is 0. The number of hydrogen-bond acceptors (Lipinski definition) is 4. The third-order valence-electron chi connectivity index (χ3n) is 4.31. The van der Waals surface area contributed by atoms with Crippen molar-refractivity contribution < 1.29 is 14.3 Å². The molecule has 0 saturated heterocycles. The highest BCUT2D eigenvalue weighted by Gasteiger charge is 2.20. The van der Waals surface area contributed by atoms with Crippen LogP contribution in [-0.4, -0.2) is 21.7 Å². The highest BCUT2D eigenvalue weighted by atomic mass is 16.5. The number of ether oxygens (including phenoxy) is 1. The number of aromatic nitrogens is 2. The molecule has 0 aliphatic heterocycles. The molecule has 2 aromatic heterocycles. The zero-order valence-corrected chi connectivity index (χ0v) is 15.7. The van der Waals surface area contributed by atoms with E-state index in [4.69, 9.17) is 4.74 Å². The van der Waals surface area contributed by atoms with E-state index in [2.05, 4.69) is 15.3 Å². The molecule has 6 heteroatoms. The van der Waals surface area contributed by atoms with E-state index in [9.17, 15) is 9.59 Å². The van der Waals surface area contributed by atoms with Gasteiger partial charge in [-0.2, -0.15) is 0 Å². The van der Waals surface area contributed by atoms with E-state index in [1.165, 1.54) is 6.92 Å². The molecule has 0 radical (unpaired) electrons. The summed E-state index contributed by atoms with van der Waals surface area (Å²) >= 11 is 0. The molecule has 0 aliphatic rings. The fraction of sp³-hybridized carbons (Fsp3) is 0.190. The largest absolute Gasteiger partial charge is 0.455 e. The molecule has 0 aliphatic carbocycles. The maximum Gasteiger partial charge on any atom is 0.272 e. The number of hydrogen-bond donors (Lipinski definition) is 2. The smallest absolute Gasteiger partial charge is 0.272 e. The maximum atomic E-state index is 12.6. The average molecular weight is 363 g/mol. The topological polar surface area (TPSA) is 84.1 Å². The normalized spacial score (nSPS) is 10.5. The minimum Gasteiger partial charge on any atom is -0.455 e. The van der Waals surface area contributed by atoms with Crippen LogP contribution in [0.5, 0.6) is 11.5 Å². The standard InChI is InChI=1S/C21H21N3O3/c1-12-10-16(7-8-18(12)27-17-6-5-9-22-11-17)24-21(26)20-13(2)19(15(4)25)14(3)23-20/h5-11,23H,1-4H3,(H,24,26). The van der Waals surface area contributed by atoms with Crippen LogP contribution in [0.4, 0.5) is 5.69 Å². The van der Waals surface area contributed by atoms with Crippen molar-refractivity contribution in [3.63, 3.8) is 0 Å². The maximum absolute atomic E-state index is 12.6. The van der Waals surface area contributed by atoms with Gasteiger partial charge >= 0.3 is 0 Å². The Morgan fingerprint density at radius 3 is 2.52 bits per heavy atom. The van der Waals surface area contributed by atoms with Gasteiger partial charge in [0.15, 0.2) is 5.78 Å². The number of carbonyl (C=O) groups excluding carboxylic acids is 2. The van der Waals surface area contributed by atoms with Crippen LogP contribution in [0.1, 0.15) is 44.6 Å². The van der Waals surface area contributed by atoms with E-state index < -0.39 is 0 Å². The van der Waals surface area contributed by atoms with Gasteiger partial charge in [-0.3, -0.25) is 14.6 Å². The number of Topliss-reactive ketones (excluding diaryl/α,β-unsaturated/α-hetero) is 1. The van der Waals surface area contributed by atoms with Crippen LogP contribution < -0.4 is 10.1 Å². The summed E-state index contributed by atoms with van der Waals surface area (Å²) in [6.07, 6.45) is 3.32. The van der Waals surface area contributed by atoms with Gasteiger partial charge in [0.25, 0.3) is 5.91 Å². The Bertz CT molecular complexity index is 1010. The lowest BCUT2D eigenvalue weighted by molar-refractivity contribution is 0.101. The third-order valence-corrected chi connectivity index (χ3v) is 4.31. The lowest BCUT2D eigenvalue weighted by atomic mass is 10.1. The molecule has 3 rings (SSSR count). The second-order valence-corrected chi connectivity index (χ2v) is 6.41. The number of aromatic amines is 1. The Morgan fingerprint density at radius 1 is 1.15 bits per heavy atom. The van der Waals surface area contributed by atoms with Crippen LogP contribution in [-0.2, 0) is 0 Å². The molecule has 0 bridgehead atoms. The molecule has 138 valence electrons. The van der Waals surface area contributed by atoms with Crippen LogP contribution in [0.3, 0.4) is 0 Å². The summed E-state index contributed by atoms with van der Waals surface area (Å²) in [4.78, 5) is 31.4. The highest BCUT2D eigenvalue weighted by molar-refractivity contribution is 6.07. The van der Waals surface area contributed by atoms with Gasteiger partial charge in [-0.1, -0.05) is 0 Å². The van der Waals surface area contributed by atoms with Gasteiger partial charge in [0, 0.05) is 23.1 Å². The van der Waals surface area contributed by atoms with Crippen LogP contribution in [0.25, 0.3) is 0 Å². The minimum absolute atomic E-state index is 0.0620. The van der Waals surface area contributed by atoms with Crippen molar-refractivity contribution in [1.29, 1.82) is 0 Å². The molecule has 0 fully saturated rings. The zero-order valence-electron chi connectivity index (χ0n) is 15.7. The molecule has 2 N–H and O–H groups in total. The number of anilines is 1. The molecule has 27 heavy (non-hydrogen) atoms. The molecule has 0 spiro atoms. The van der Waals surface area contributed by atoms with E-state index in [1.54, 1.807) is 44.4 Å². The summed E-state index contributed by atoms with van der Waals surface area (Å²) < 4.78 is 5.80. The van der Waals surface area contributed by atoms with E-state index >= 15 is 0 Å². The number of carbonyl (C=O) groups is 2. The molecular weight excluding hydrogens is 342 g/mol. The van der Waals surface area contributed by atoms with E-state index in [0.717, 1.165) is 5.56 Å². The predicted octanol–water partition coefficient (Wildman–Crippen LogP) is 4.58. The van der Waals surface area contributed by atoms with Crippen LogP contribution in [0.2, 0.25) is 0 Å². The number of ketones is 1. The van der Waals surface area contributed by atoms with Crippen molar-refractivity contribution in [2.24, 2.45) is 0 Å². The van der Waals surface area contributed by atoms with Crippen LogP contribution >= 0.6 is 0 Å². The van der Waals surface area contributed by atoms with Crippen LogP contribution in [0, 0.1) is 20.8 Å². The molecule has 3 aromatic rings. The Morgan fingerprint density at radius 2 is 1.93 bits per heavy atom. The minimum atomic E-state index is -0.288. The predicted molar refractivity (Wildman–Crippen MR) is 104 cm³/mol. The summed E-state index contributed by atoms with van der Waals surface area (Å²) in [6, 6.07) is 9.03. The quantitative estimate of drug-likeness (QED) is 0.650. The molecule has 0 atom stereocenters. The number of amides is 1. The van der Waals surface area contributed by atoms with Gasteiger partial charge in [0.05, 0.1) is 6.20 Å². The summed E-state index contributed by atoms with van der Waals surface area (Å²) in [5.41, 5.74) is 3.84. The second kappa shape index (κ2) is 7.45. The number of nitrogens with zero attached hydrogens (tertiary/aromatic N) is 1. The first-order chi connectivity index (χ1) is 12.9. The van der Waals surface area contributed by atoms with Gasteiger partial charge in [-0.15, -0.1) is 0 Å². The summed E-state index contributed by atoms with van der Waals surface area (Å²) in [6.45, 7) is 6.95. The number of rotatable bonds is 5. The fourth-order valence-corrected chi connectivity index (χ4v) is 3.07. The van der Waals surface area contributed by atoms with Crippen molar-refractivity contribution in [3.8, 4) is 11.5 Å². The molecule has 1 aromatic carbocycles. The first kappa shape index (κ1) is 18.4. The molecule has 2 heterocycles. The van der Waals surface area contributed by atoms with Crippen LogP contribution in [0.15, 0.2) is 42.7 Å². The van der Waals surface area contributed by atoms with E-state index in [0.29, 0.717) is 39.7 Å². The third kappa shape index (κ3) is 3.89. The monoisotopic (exact) mass is 363 g/mol. The van der Waals surface area contributed by atoms with Gasteiger partial charge in [-0.25, -0.2) is 0 Å². The average Bonchev–Trinajstić information content (AvgIpc) is 2.93. The number of pyridine rings is 1. The number of nitrogens with one attached hydrogen (secondary N) is 2. The summed E-state index contributed by atoms with van der Waals surface area (Å²) in [5.74, 6) is 0.981. The van der Waals surface area contributed by atoms with E-state index in [-0.39, 0.29) is 11.7 Å². The van der Waals surface area contributed by atoms with Crippen molar-refractivity contribution in [2.45, 2.75) is 27.7 Å². The molecule has 0 unspecified atom stereocenters. The first-order valence-electron chi connectivity index (χ1n) is 8.56. The van der Waals surface area contributed by atoms with Crippen molar-refractivity contribution in [2.75, 3.05) is 5.32 Å². The van der Waals surface area contributed by atoms with Gasteiger partial charge in [0.2, 0.25) is 0 Å².